The molecule has 4 nitrogen and oxygen atoms in total. The van der Waals surface area contributed by atoms with Crippen LogP contribution in [0.2, 0.25) is 0 Å². The van der Waals surface area contributed by atoms with Gasteiger partial charge in [-0.05, 0) is 34.5 Å². The Labute approximate surface area is 96.8 Å². The Morgan fingerprint density at radius 2 is 2.40 bits per heavy atom. The zero-order valence-electron chi connectivity index (χ0n) is 8.40. The van der Waals surface area contributed by atoms with Crippen LogP contribution >= 0.6 is 15.9 Å². The topological polar surface area (TPSA) is 62.2 Å². The van der Waals surface area contributed by atoms with Gasteiger partial charge >= 0.3 is 0 Å². The van der Waals surface area contributed by atoms with E-state index in [2.05, 4.69) is 26.2 Å². The summed E-state index contributed by atoms with van der Waals surface area (Å²) in [5.41, 5.74) is 0.491. The van der Waals surface area contributed by atoms with E-state index in [0.717, 1.165) is 0 Å². The Kier molecular flexibility index (Phi) is 4.71. The van der Waals surface area contributed by atoms with E-state index in [-0.39, 0.29) is 18.6 Å². The lowest BCUT2D eigenvalue weighted by molar-refractivity contribution is 0.0914. The van der Waals surface area contributed by atoms with Crippen LogP contribution in [0, 0.1) is 0 Å². The molecule has 0 aromatic carbocycles. The predicted molar refractivity (Wildman–Crippen MR) is 60.6 cm³/mol. The fraction of sp³-hybridized carbons (Fsp3) is 0.400. The summed E-state index contributed by atoms with van der Waals surface area (Å²) in [7, 11) is 0. The second-order valence-corrected chi connectivity index (χ2v) is 3.94. The molecule has 0 spiro atoms. The normalized spacial score (nSPS) is 12.2. The van der Waals surface area contributed by atoms with E-state index in [1.54, 1.807) is 12.1 Å². The van der Waals surface area contributed by atoms with Crippen molar-refractivity contribution in [3.8, 4) is 0 Å². The second kappa shape index (κ2) is 5.82. The summed E-state index contributed by atoms with van der Waals surface area (Å²) in [5.74, 6) is -0.212. The third kappa shape index (κ3) is 3.60. The first-order valence-electron chi connectivity index (χ1n) is 4.70. The monoisotopic (exact) mass is 272 g/mol. The first kappa shape index (κ1) is 12.1. The Bertz CT molecular complexity index is 323. The van der Waals surface area contributed by atoms with Gasteiger partial charge in [0, 0.05) is 6.20 Å². The van der Waals surface area contributed by atoms with Gasteiger partial charge in [0.2, 0.25) is 0 Å². The van der Waals surface area contributed by atoms with Gasteiger partial charge in [0.1, 0.15) is 4.60 Å². The lowest BCUT2D eigenvalue weighted by atomic mass is 10.2. The molecule has 0 bridgehead atoms. The molecule has 0 aliphatic rings. The molecule has 0 radical (unpaired) electrons. The highest BCUT2D eigenvalue weighted by atomic mass is 79.9. The lowest BCUT2D eigenvalue weighted by Gasteiger charge is -2.13. The van der Waals surface area contributed by atoms with Crippen LogP contribution in [-0.2, 0) is 0 Å². The van der Waals surface area contributed by atoms with Gasteiger partial charge in [0.05, 0.1) is 18.2 Å². The van der Waals surface area contributed by atoms with Gasteiger partial charge in [-0.25, -0.2) is 4.98 Å². The van der Waals surface area contributed by atoms with Gasteiger partial charge in [-0.3, -0.25) is 4.79 Å². The molecule has 2 N–H and O–H groups in total. The van der Waals surface area contributed by atoms with Crippen LogP contribution in [0.25, 0.3) is 0 Å². The summed E-state index contributed by atoms with van der Waals surface area (Å²) >= 11 is 3.19. The summed E-state index contributed by atoms with van der Waals surface area (Å²) in [4.78, 5) is 15.6. The first-order chi connectivity index (χ1) is 7.17. The summed E-state index contributed by atoms with van der Waals surface area (Å²) in [6, 6.07) is 3.19. The van der Waals surface area contributed by atoms with Gasteiger partial charge in [-0.1, -0.05) is 6.92 Å². The van der Waals surface area contributed by atoms with Crippen molar-refractivity contribution in [2.45, 2.75) is 19.4 Å². The van der Waals surface area contributed by atoms with E-state index in [9.17, 15) is 4.79 Å². The molecule has 0 saturated heterocycles. The van der Waals surface area contributed by atoms with Crippen LogP contribution in [0.4, 0.5) is 0 Å². The highest BCUT2D eigenvalue weighted by Gasteiger charge is 2.10. The van der Waals surface area contributed by atoms with Crippen molar-refractivity contribution in [3.63, 3.8) is 0 Å². The molecule has 1 aromatic rings. The summed E-state index contributed by atoms with van der Waals surface area (Å²) < 4.78 is 0.688. The number of amides is 1. The fourth-order valence-electron chi connectivity index (χ4n) is 1.06. The highest BCUT2D eigenvalue weighted by molar-refractivity contribution is 9.10. The van der Waals surface area contributed by atoms with Crippen molar-refractivity contribution >= 4 is 21.8 Å². The van der Waals surface area contributed by atoms with Crippen molar-refractivity contribution in [1.82, 2.24) is 10.3 Å². The van der Waals surface area contributed by atoms with Crippen molar-refractivity contribution < 1.29 is 9.90 Å². The Balaban J connectivity index is 2.64. The van der Waals surface area contributed by atoms with Crippen LogP contribution < -0.4 is 5.32 Å². The van der Waals surface area contributed by atoms with Gasteiger partial charge < -0.3 is 10.4 Å². The standard InChI is InChI=1S/C10H13BrN2O2/c1-2-8(6-14)13-10(15)7-3-4-9(11)12-5-7/h3-5,8,14H,2,6H2,1H3,(H,13,15)/t8-/m1/s1. The summed E-state index contributed by atoms with van der Waals surface area (Å²) in [6.45, 7) is 1.85. The van der Waals surface area contributed by atoms with E-state index in [1.165, 1.54) is 6.20 Å². The largest absolute Gasteiger partial charge is 0.394 e. The molecule has 1 atom stereocenters. The van der Waals surface area contributed by atoms with E-state index < -0.39 is 0 Å². The molecule has 0 fully saturated rings. The van der Waals surface area contributed by atoms with Gasteiger partial charge in [0.15, 0.2) is 0 Å². The number of pyridine rings is 1. The molecule has 1 heterocycles. The molecule has 0 aliphatic heterocycles. The van der Waals surface area contributed by atoms with Gasteiger partial charge in [-0.15, -0.1) is 0 Å². The van der Waals surface area contributed by atoms with Crippen LogP contribution in [0.1, 0.15) is 23.7 Å². The highest BCUT2D eigenvalue weighted by Crippen LogP contribution is 2.06. The Hall–Kier alpha value is -0.940. The van der Waals surface area contributed by atoms with Crippen LogP contribution in [0.15, 0.2) is 22.9 Å². The van der Waals surface area contributed by atoms with Crippen molar-refractivity contribution in [2.75, 3.05) is 6.61 Å². The number of aliphatic hydroxyl groups is 1. The third-order valence-corrected chi connectivity index (χ3v) is 2.51. The van der Waals surface area contributed by atoms with Crippen molar-refractivity contribution in [2.24, 2.45) is 0 Å². The van der Waals surface area contributed by atoms with Crippen LogP contribution in [-0.4, -0.2) is 28.6 Å². The smallest absolute Gasteiger partial charge is 0.253 e. The average Bonchev–Trinajstić information content (AvgIpc) is 2.26. The molecule has 1 rings (SSSR count). The zero-order chi connectivity index (χ0) is 11.3. The minimum Gasteiger partial charge on any atom is -0.394 e. The van der Waals surface area contributed by atoms with Gasteiger partial charge in [-0.2, -0.15) is 0 Å². The third-order valence-electron chi connectivity index (χ3n) is 2.04. The maximum Gasteiger partial charge on any atom is 0.253 e. The molecule has 1 aromatic heterocycles. The molecule has 0 aliphatic carbocycles. The van der Waals surface area contributed by atoms with E-state index in [0.29, 0.717) is 16.6 Å². The molecule has 0 saturated carbocycles. The van der Waals surface area contributed by atoms with Crippen molar-refractivity contribution in [1.29, 1.82) is 0 Å². The number of rotatable bonds is 4. The van der Waals surface area contributed by atoms with Crippen LogP contribution in [0.3, 0.4) is 0 Å². The van der Waals surface area contributed by atoms with E-state index >= 15 is 0 Å². The number of nitrogens with zero attached hydrogens (tertiary/aromatic N) is 1. The molecule has 5 heteroatoms. The maximum absolute atomic E-state index is 11.6. The minimum absolute atomic E-state index is 0.0494. The number of halogens is 1. The number of aliphatic hydroxyl groups excluding tert-OH is 1. The Morgan fingerprint density at radius 1 is 1.67 bits per heavy atom. The summed E-state index contributed by atoms with van der Waals surface area (Å²) in [5, 5.41) is 11.6. The van der Waals surface area contributed by atoms with Crippen LogP contribution in [0.5, 0.6) is 0 Å². The Morgan fingerprint density at radius 3 is 2.87 bits per heavy atom. The number of nitrogens with one attached hydrogen (secondary N) is 1. The zero-order valence-corrected chi connectivity index (χ0v) is 9.99. The maximum atomic E-state index is 11.6. The fourth-order valence-corrected chi connectivity index (χ4v) is 1.29. The number of carbonyl (C=O) groups excluding carboxylic acids is 1. The second-order valence-electron chi connectivity index (χ2n) is 3.13. The number of hydrogen-bond acceptors (Lipinski definition) is 3. The van der Waals surface area contributed by atoms with E-state index in [4.69, 9.17) is 5.11 Å². The number of carbonyl (C=O) groups is 1. The number of aromatic nitrogens is 1. The molecule has 82 valence electrons. The average molecular weight is 273 g/mol. The molecular weight excluding hydrogens is 260 g/mol. The summed E-state index contributed by atoms with van der Waals surface area (Å²) in [6.07, 6.45) is 2.19. The lowest BCUT2D eigenvalue weighted by Crippen LogP contribution is -2.36. The van der Waals surface area contributed by atoms with Gasteiger partial charge in [0.25, 0.3) is 5.91 Å². The minimum atomic E-state index is -0.212. The van der Waals surface area contributed by atoms with E-state index in [1.807, 2.05) is 6.92 Å². The quantitative estimate of drug-likeness (QED) is 0.814. The first-order valence-corrected chi connectivity index (χ1v) is 5.50. The molecule has 15 heavy (non-hydrogen) atoms. The predicted octanol–water partition coefficient (Wildman–Crippen LogP) is 1.34. The SMILES string of the molecule is CC[C@H](CO)NC(=O)c1ccc(Br)nc1. The molecular formula is C10H13BrN2O2. The number of hydrogen-bond donors (Lipinski definition) is 2. The molecule has 1 amide bonds. The van der Waals surface area contributed by atoms with Crippen molar-refractivity contribution in [3.05, 3.63) is 28.5 Å². The molecule has 0 unspecified atom stereocenters.